The molecule has 0 aromatic carbocycles. The Morgan fingerprint density at radius 1 is 1.18 bits per heavy atom. The summed E-state index contributed by atoms with van der Waals surface area (Å²) < 4.78 is 0. The zero-order valence-corrected chi connectivity index (χ0v) is 11.5. The van der Waals surface area contributed by atoms with Crippen LogP contribution in [0, 0.1) is 5.92 Å². The molecular formula is C13H27N3O. The third-order valence-electron chi connectivity index (χ3n) is 3.16. The van der Waals surface area contributed by atoms with Gasteiger partial charge in [-0.2, -0.15) is 0 Å². The van der Waals surface area contributed by atoms with E-state index in [4.69, 9.17) is 5.73 Å². The van der Waals surface area contributed by atoms with Crippen LogP contribution in [0.2, 0.25) is 0 Å². The van der Waals surface area contributed by atoms with E-state index in [9.17, 15) is 4.79 Å². The zero-order chi connectivity index (χ0) is 12.8. The van der Waals surface area contributed by atoms with Crippen LogP contribution in [0.5, 0.6) is 0 Å². The first kappa shape index (κ1) is 14.5. The van der Waals surface area contributed by atoms with Crippen molar-refractivity contribution in [2.75, 3.05) is 32.7 Å². The summed E-state index contributed by atoms with van der Waals surface area (Å²) in [5, 5.41) is 0. The number of piperazine rings is 1. The molecule has 1 unspecified atom stereocenters. The van der Waals surface area contributed by atoms with E-state index in [1.165, 1.54) is 0 Å². The lowest BCUT2D eigenvalue weighted by Gasteiger charge is -2.35. The number of nitrogens with two attached hydrogens (primary N) is 1. The first-order chi connectivity index (χ1) is 7.99. The number of nitrogens with zero attached hydrogens (tertiary/aromatic N) is 2. The Bertz CT molecular complexity index is 233. The number of amides is 1. The minimum atomic E-state index is 0.126. The molecule has 1 amide bonds. The highest BCUT2D eigenvalue weighted by Crippen LogP contribution is 2.07. The highest BCUT2D eigenvalue weighted by molar-refractivity contribution is 5.76. The highest BCUT2D eigenvalue weighted by Gasteiger charge is 2.21. The molecule has 0 spiro atoms. The van der Waals surface area contributed by atoms with Crippen molar-refractivity contribution in [3.05, 3.63) is 0 Å². The number of carbonyl (C=O) groups is 1. The van der Waals surface area contributed by atoms with Gasteiger partial charge < -0.3 is 10.6 Å². The molecule has 1 heterocycles. The monoisotopic (exact) mass is 241 g/mol. The van der Waals surface area contributed by atoms with Gasteiger partial charge >= 0.3 is 0 Å². The maximum atomic E-state index is 11.9. The molecule has 0 aromatic rings. The molecule has 2 N–H and O–H groups in total. The molecule has 4 heteroatoms. The molecule has 0 saturated carbocycles. The van der Waals surface area contributed by atoms with Gasteiger partial charge in [-0.1, -0.05) is 13.8 Å². The van der Waals surface area contributed by atoms with Gasteiger partial charge in [0.2, 0.25) is 5.91 Å². The van der Waals surface area contributed by atoms with Crippen molar-refractivity contribution in [2.45, 2.75) is 39.7 Å². The van der Waals surface area contributed by atoms with Gasteiger partial charge in [-0.15, -0.1) is 0 Å². The second-order valence-electron chi connectivity index (χ2n) is 5.59. The van der Waals surface area contributed by atoms with Crippen molar-refractivity contribution in [3.63, 3.8) is 0 Å². The SMILES string of the molecule is CC(C)CN1CCN(C(=O)CCC(C)N)CC1. The van der Waals surface area contributed by atoms with Crippen molar-refractivity contribution in [1.82, 2.24) is 9.80 Å². The Kier molecular flexibility index (Phi) is 5.92. The van der Waals surface area contributed by atoms with E-state index >= 15 is 0 Å². The van der Waals surface area contributed by atoms with Gasteiger partial charge in [-0.05, 0) is 19.3 Å². The van der Waals surface area contributed by atoms with Crippen LogP contribution >= 0.6 is 0 Å². The second-order valence-corrected chi connectivity index (χ2v) is 5.59. The predicted molar refractivity (Wildman–Crippen MR) is 70.7 cm³/mol. The van der Waals surface area contributed by atoms with E-state index in [-0.39, 0.29) is 11.9 Å². The molecule has 1 aliphatic rings. The molecule has 17 heavy (non-hydrogen) atoms. The van der Waals surface area contributed by atoms with E-state index in [0.717, 1.165) is 39.1 Å². The van der Waals surface area contributed by atoms with Gasteiger partial charge in [-0.3, -0.25) is 9.69 Å². The second kappa shape index (κ2) is 6.97. The third-order valence-corrected chi connectivity index (χ3v) is 3.16. The summed E-state index contributed by atoms with van der Waals surface area (Å²) in [4.78, 5) is 16.3. The number of rotatable bonds is 5. The number of hydrogen-bond acceptors (Lipinski definition) is 3. The van der Waals surface area contributed by atoms with E-state index < -0.39 is 0 Å². The van der Waals surface area contributed by atoms with Gasteiger partial charge in [0.1, 0.15) is 0 Å². The lowest BCUT2D eigenvalue weighted by Crippen LogP contribution is -2.49. The van der Waals surface area contributed by atoms with Crippen LogP contribution in [0.15, 0.2) is 0 Å². The van der Waals surface area contributed by atoms with E-state index in [1.54, 1.807) is 0 Å². The smallest absolute Gasteiger partial charge is 0.222 e. The van der Waals surface area contributed by atoms with E-state index in [1.807, 2.05) is 11.8 Å². The van der Waals surface area contributed by atoms with Gasteiger partial charge in [0.05, 0.1) is 0 Å². The van der Waals surface area contributed by atoms with Crippen LogP contribution in [-0.2, 0) is 4.79 Å². The Labute approximate surface area is 105 Å². The molecule has 1 rings (SSSR count). The summed E-state index contributed by atoms with van der Waals surface area (Å²) in [7, 11) is 0. The molecule has 1 fully saturated rings. The predicted octanol–water partition coefficient (Wildman–Crippen LogP) is 0.914. The summed E-state index contributed by atoms with van der Waals surface area (Å²) in [6.45, 7) is 11.4. The third kappa shape index (κ3) is 5.50. The molecule has 100 valence electrons. The fraction of sp³-hybridized carbons (Fsp3) is 0.923. The van der Waals surface area contributed by atoms with Crippen LogP contribution in [0.25, 0.3) is 0 Å². The Morgan fingerprint density at radius 2 is 1.76 bits per heavy atom. The van der Waals surface area contributed by atoms with Gasteiger partial charge in [0, 0.05) is 45.2 Å². The summed E-state index contributed by atoms with van der Waals surface area (Å²) in [5.41, 5.74) is 5.67. The number of hydrogen-bond donors (Lipinski definition) is 1. The molecule has 0 bridgehead atoms. The van der Waals surface area contributed by atoms with Gasteiger partial charge in [-0.25, -0.2) is 0 Å². The first-order valence-electron chi connectivity index (χ1n) is 6.74. The Hall–Kier alpha value is -0.610. The molecule has 0 aromatic heterocycles. The van der Waals surface area contributed by atoms with Crippen molar-refractivity contribution in [2.24, 2.45) is 11.7 Å². The van der Waals surface area contributed by atoms with Crippen LogP contribution in [0.1, 0.15) is 33.6 Å². The van der Waals surface area contributed by atoms with Crippen molar-refractivity contribution >= 4 is 5.91 Å². The summed E-state index contributed by atoms with van der Waals surface area (Å²) in [6.07, 6.45) is 1.40. The topological polar surface area (TPSA) is 49.6 Å². The molecule has 1 aliphatic heterocycles. The quantitative estimate of drug-likeness (QED) is 0.778. The fourth-order valence-corrected chi connectivity index (χ4v) is 2.21. The van der Waals surface area contributed by atoms with Crippen molar-refractivity contribution in [1.29, 1.82) is 0 Å². The normalized spacial score (nSPS) is 19.7. The standard InChI is InChI=1S/C13H27N3O/c1-11(2)10-15-6-8-16(9-7-15)13(17)5-4-12(3)14/h11-12H,4-10,14H2,1-3H3. The fourth-order valence-electron chi connectivity index (χ4n) is 2.21. The summed E-state index contributed by atoms with van der Waals surface area (Å²) in [6, 6.07) is 0.126. The molecule has 0 radical (unpaired) electrons. The largest absolute Gasteiger partial charge is 0.340 e. The Morgan fingerprint density at radius 3 is 2.24 bits per heavy atom. The highest BCUT2D eigenvalue weighted by atomic mass is 16.2. The van der Waals surface area contributed by atoms with Crippen LogP contribution in [0.3, 0.4) is 0 Å². The molecular weight excluding hydrogens is 214 g/mol. The maximum Gasteiger partial charge on any atom is 0.222 e. The first-order valence-corrected chi connectivity index (χ1v) is 6.74. The summed E-state index contributed by atoms with van der Waals surface area (Å²) in [5.74, 6) is 0.974. The minimum Gasteiger partial charge on any atom is -0.340 e. The summed E-state index contributed by atoms with van der Waals surface area (Å²) >= 11 is 0. The van der Waals surface area contributed by atoms with Crippen molar-refractivity contribution in [3.8, 4) is 0 Å². The zero-order valence-electron chi connectivity index (χ0n) is 11.5. The van der Waals surface area contributed by atoms with Gasteiger partial charge in [0.15, 0.2) is 0 Å². The van der Waals surface area contributed by atoms with Crippen molar-refractivity contribution < 1.29 is 4.79 Å². The van der Waals surface area contributed by atoms with E-state index in [0.29, 0.717) is 12.3 Å². The lowest BCUT2D eigenvalue weighted by molar-refractivity contribution is -0.133. The molecule has 1 saturated heterocycles. The van der Waals surface area contributed by atoms with Crippen LogP contribution in [0.4, 0.5) is 0 Å². The van der Waals surface area contributed by atoms with Crippen LogP contribution < -0.4 is 5.73 Å². The average molecular weight is 241 g/mol. The Balaban J connectivity index is 2.24. The van der Waals surface area contributed by atoms with Gasteiger partial charge in [0.25, 0.3) is 0 Å². The minimum absolute atomic E-state index is 0.126. The molecule has 1 atom stereocenters. The average Bonchev–Trinajstić information content (AvgIpc) is 2.26. The van der Waals surface area contributed by atoms with Crippen LogP contribution in [-0.4, -0.2) is 54.5 Å². The molecule has 4 nitrogen and oxygen atoms in total. The lowest BCUT2D eigenvalue weighted by atomic mass is 10.1. The number of carbonyl (C=O) groups excluding carboxylic acids is 1. The maximum absolute atomic E-state index is 11.9. The van der Waals surface area contributed by atoms with E-state index in [2.05, 4.69) is 18.7 Å². The molecule has 0 aliphatic carbocycles.